The molecule has 0 aromatic carbocycles. The molecule has 1 atom stereocenters. The van der Waals surface area contributed by atoms with Crippen molar-refractivity contribution in [2.75, 3.05) is 6.61 Å². The van der Waals surface area contributed by atoms with Crippen molar-refractivity contribution in [3.05, 3.63) is 0 Å². The average Bonchev–Trinajstić information content (AvgIpc) is 2.45. The van der Waals surface area contributed by atoms with E-state index in [4.69, 9.17) is 10.5 Å². The van der Waals surface area contributed by atoms with Gasteiger partial charge in [-0.1, -0.05) is 19.8 Å². The Bertz CT molecular complexity index is 312. The fraction of sp³-hybridized carbons (Fsp3) is 0.867. The standard InChI is InChI=1S/C15H28N2O3/c1-3-5-6-13(16)14(18)17-12-9-7-11(8-10-12)15(19)20-4-2/h11-13H,3-10,16H2,1-2H3,(H,17,18). The van der Waals surface area contributed by atoms with Gasteiger partial charge in [-0.25, -0.2) is 0 Å². The number of rotatable bonds is 7. The summed E-state index contributed by atoms with van der Waals surface area (Å²) in [6, 6.07) is -0.251. The summed E-state index contributed by atoms with van der Waals surface area (Å²) in [5.41, 5.74) is 5.85. The summed E-state index contributed by atoms with van der Waals surface area (Å²) in [5, 5.41) is 3.00. The van der Waals surface area contributed by atoms with Crippen LogP contribution in [0.2, 0.25) is 0 Å². The lowest BCUT2D eigenvalue weighted by atomic mass is 9.86. The van der Waals surface area contributed by atoms with Crippen molar-refractivity contribution in [1.29, 1.82) is 0 Å². The summed E-state index contributed by atoms with van der Waals surface area (Å²) >= 11 is 0. The van der Waals surface area contributed by atoms with E-state index in [0.29, 0.717) is 6.61 Å². The molecule has 1 saturated carbocycles. The minimum atomic E-state index is -0.405. The summed E-state index contributed by atoms with van der Waals surface area (Å²) in [6.07, 6.45) is 5.99. The molecule has 1 amide bonds. The second kappa shape index (κ2) is 8.95. The zero-order chi connectivity index (χ0) is 15.0. The van der Waals surface area contributed by atoms with E-state index in [1.807, 2.05) is 6.92 Å². The van der Waals surface area contributed by atoms with Gasteiger partial charge >= 0.3 is 5.97 Å². The first-order valence-electron chi connectivity index (χ1n) is 7.81. The predicted molar refractivity (Wildman–Crippen MR) is 78.0 cm³/mol. The Morgan fingerprint density at radius 2 is 1.90 bits per heavy atom. The van der Waals surface area contributed by atoms with Crippen LogP contribution >= 0.6 is 0 Å². The number of esters is 1. The zero-order valence-electron chi connectivity index (χ0n) is 12.7. The van der Waals surface area contributed by atoms with Crippen molar-refractivity contribution >= 4 is 11.9 Å². The molecule has 1 fully saturated rings. The van der Waals surface area contributed by atoms with E-state index in [0.717, 1.165) is 44.9 Å². The van der Waals surface area contributed by atoms with Gasteiger partial charge in [-0.05, 0) is 39.0 Å². The summed E-state index contributed by atoms with van der Waals surface area (Å²) in [6.45, 7) is 4.34. The van der Waals surface area contributed by atoms with E-state index in [1.165, 1.54) is 0 Å². The van der Waals surface area contributed by atoms with Gasteiger partial charge in [0.2, 0.25) is 5.91 Å². The Labute approximate surface area is 121 Å². The topological polar surface area (TPSA) is 81.4 Å². The number of nitrogens with two attached hydrogens (primary N) is 1. The Morgan fingerprint density at radius 3 is 2.45 bits per heavy atom. The Morgan fingerprint density at radius 1 is 1.25 bits per heavy atom. The van der Waals surface area contributed by atoms with Crippen LogP contribution in [-0.2, 0) is 14.3 Å². The molecule has 1 unspecified atom stereocenters. The second-order valence-corrected chi connectivity index (χ2v) is 5.56. The number of ether oxygens (including phenoxy) is 1. The average molecular weight is 284 g/mol. The van der Waals surface area contributed by atoms with Crippen LogP contribution in [0.1, 0.15) is 58.8 Å². The molecule has 1 aliphatic rings. The van der Waals surface area contributed by atoms with Crippen LogP contribution in [0.15, 0.2) is 0 Å². The van der Waals surface area contributed by atoms with E-state index >= 15 is 0 Å². The third kappa shape index (κ3) is 5.49. The van der Waals surface area contributed by atoms with Crippen LogP contribution in [0.3, 0.4) is 0 Å². The summed E-state index contributed by atoms with van der Waals surface area (Å²) in [7, 11) is 0. The predicted octanol–water partition coefficient (Wildman–Crippen LogP) is 1.74. The molecule has 0 heterocycles. The lowest BCUT2D eigenvalue weighted by Gasteiger charge is -2.28. The summed E-state index contributed by atoms with van der Waals surface area (Å²) in [4.78, 5) is 23.5. The molecule has 5 nitrogen and oxygen atoms in total. The van der Waals surface area contributed by atoms with E-state index < -0.39 is 6.04 Å². The van der Waals surface area contributed by atoms with E-state index in [9.17, 15) is 9.59 Å². The van der Waals surface area contributed by atoms with E-state index in [2.05, 4.69) is 12.2 Å². The van der Waals surface area contributed by atoms with E-state index in [1.54, 1.807) is 0 Å². The number of amides is 1. The minimum Gasteiger partial charge on any atom is -0.466 e. The molecule has 0 aromatic heterocycles. The minimum absolute atomic E-state index is 0.00290. The van der Waals surface area contributed by atoms with Crippen LogP contribution in [0.5, 0.6) is 0 Å². The molecule has 116 valence electrons. The van der Waals surface area contributed by atoms with Gasteiger partial charge in [-0.3, -0.25) is 9.59 Å². The molecule has 5 heteroatoms. The highest BCUT2D eigenvalue weighted by molar-refractivity contribution is 5.81. The first kappa shape index (κ1) is 17.0. The Balaban J connectivity index is 2.28. The monoisotopic (exact) mass is 284 g/mol. The molecule has 1 aliphatic carbocycles. The zero-order valence-corrected chi connectivity index (χ0v) is 12.7. The maximum atomic E-state index is 11.9. The first-order valence-corrected chi connectivity index (χ1v) is 7.81. The SMILES string of the molecule is CCCCC(N)C(=O)NC1CCC(C(=O)OCC)CC1. The fourth-order valence-corrected chi connectivity index (χ4v) is 2.60. The number of hydrogen-bond acceptors (Lipinski definition) is 4. The number of carbonyl (C=O) groups is 2. The smallest absolute Gasteiger partial charge is 0.308 e. The van der Waals surface area contributed by atoms with Gasteiger partial charge in [-0.2, -0.15) is 0 Å². The number of nitrogens with one attached hydrogen (secondary N) is 1. The quantitative estimate of drug-likeness (QED) is 0.698. The van der Waals surface area contributed by atoms with Gasteiger partial charge < -0.3 is 15.8 Å². The molecule has 0 bridgehead atoms. The van der Waals surface area contributed by atoms with Crippen molar-refractivity contribution in [1.82, 2.24) is 5.32 Å². The van der Waals surface area contributed by atoms with Crippen LogP contribution in [-0.4, -0.2) is 30.6 Å². The molecular weight excluding hydrogens is 256 g/mol. The van der Waals surface area contributed by atoms with Gasteiger partial charge in [0, 0.05) is 6.04 Å². The molecule has 0 radical (unpaired) electrons. The maximum Gasteiger partial charge on any atom is 0.308 e. The van der Waals surface area contributed by atoms with Crippen LogP contribution < -0.4 is 11.1 Å². The first-order chi connectivity index (χ1) is 9.58. The van der Waals surface area contributed by atoms with Crippen molar-refractivity contribution in [3.63, 3.8) is 0 Å². The molecule has 0 aliphatic heterocycles. The third-order valence-corrected chi connectivity index (χ3v) is 3.90. The van der Waals surface area contributed by atoms with Crippen LogP contribution in [0.4, 0.5) is 0 Å². The Kier molecular flexibility index (Phi) is 7.59. The van der Waals surface area contributed by atoms with Crippen molar-refractivity contribution in [2.24, 2.45) is 11.7 Å². The molecule has 1 rings (SSSR count). The highest BCUT2D eigenvalue weighted by atomic mass is 16.5. The lowest BCUT2D eigenvalue weighted by Crippen LogP contribution is -2.46. The number of carbonyl (C=O) groups excluding carboxylic acids is 2. The third-order valence-electron chi connectivity index (χ3n) is 3.90. The van der Waals surface area contributed by atoms with E-state index in [-0.39, 0.29) is 23.8 Å². The fourth-order valence-electron chi connectivity index (χ4n) is 2.60. The molecule has 3 N–H and O–H groups in total. The number of hydrogen-bond donors (Lipinski definition) is 2. The van der Waals surface area contributed by atoms with Crippen molar-refractivity contribution < 1.29 is 14.3 Å². The molecule has 0 spiro atoms. The second-order valence-electron chi connectivity index (χ2n) is 5.56. The highest BCUT2D eigenvalue weighted by Gasteiger charge is 2.28. The van der Waals surface area contributed by atoms with Crippen LogP contribution in [0, 0.1) is 5.92 Å². The van der Waals surface area contributed by atoms with Gasteiger partial charge in [0.25, 0.3) is 0 Å². The molecule has 20 heavy (non-hydrogen) atoms. The van der Waals surface area contributed by atoms with Gasteiger partial charge in [0.05, 0.1) is 18.6 Å². The van der Waals surface area contributed by atoms with Gasteiger partial charge in [0.15, 0.2) is 0 Å². The maximum absolute atomic E-state index is 11.9. The number of unbranched alkanes of at least 4 members (excludes halogenated alkanes) is 1. The molecular formula is C15H28N2O3. The lowest BCUT2D eigenvalue weighted by molar-refractivity contribution is -0.149. The summed E-state index contributed by atoms with van der Waals surface area (Å²) in [5.74, 6) is -0.160. The normalized spacial score (nSPS) is 23.9. The van der Waals surface area contributed by atoms with Crippen molar-refractivity contribution in [3.8, 4) is 0 Å². The Hall–Kier alpha value is -1.10. The molecule has 0 aromatic rings. The largest absolute Gasteiger partial charge is 0.466 e. The van der Waals surface area contributed by atoms with Gasteiger partial charge in [-0.15, -0.1) is 0 Å². The van der Waals surface area contributed by atoms with Crippen molar-refractivity contribution in [2.45, 2.75) is 70.9 Å². The highest BCUT2D eigenvalue weighted by Crippen LogP contribution is 2.25. The molecule has 0 saturated heterocycles. The van der Waals surface area contributed by atoms with Gasteiger partial charge in [0.1, 0.15) is 0 Å². The van der Waals surface area contributed by atoms with Crippen LogP contribution in [0.25, 0.3) is 0 Å². The summed E-state index contributed by atoms with van der Waals surface area (Å²) < 4.78 is 5.03.